The molecule has 0 saturated heterocycles. The van der Waals surface area contributed by atoms with Crippen LogP contribution in [0.2, 0.25) is 0 Å². The Morgan fingerprint density at radius 2 is 0.895 bits per heavy atom. The summed E-state index contributed by atoms with van der Waals surface area (Å²) in [5.41, 5.74) is 20.2. The van der Waals surface area contributed by atoms with Crippen molar-refractivity contribution >= 4 is 43.6 Å². The van der Waals surface area contributed by atoms with Crippen molar-refractivity contribution in [2.45, 2.75) is 23.9 Å². The van der Waals surface area contributed by atoms with Gasteiger partial charge in [0.15, 0.2) is 0 Å². The molecule has 0 fully saturated rings. The molecule has 16 rings (SSSR count). The van der Waals surface area contributed by atoms with Gasteiger partial charge in [-0.3, -0.25) is 0 Å². The maximum atomic E-state index is 6.52. The summed E-state index contributed by atoms with van der Waals surface area (Å²) in [7, 11) is 0. The first-order valence-electron chi connectivity index (χ1n) is 26.5. The monoisotopic (exact) mass is 972 g/mol. The third-order valence-electron chi connectivity index (χ3n) is 16.5. The summed E-state index contributed by atoms with van der Waals surface area (Å²) in [5.74, 6) is 3.36. The first-order valence-corrected chi connectivity index (χ1v) is 26.5. The topological polar surface area (TPSA) is 28.3 Å². The van der Waals surface area contributed by atoms with E-state index in [0.717, 1.165) is 50.9 Å². The minimum atomic E-state index is 0.0153. The quantitative estimate of drug-likeness (QED) is 0.159. The molecule has 0 amide bonds. The molecule has 2 aromatic heterocycles. The fourth-order valence-corrected chi connectivity index (χ4v) is 13.2. The minimum absolute atomic E-state index is 0.0153. The molecule has 4 heterocycles. The third kappa shape index (κ3) is 6.57. The van der Waals surface area contributed by atoms with Gasteiger partial charge in [0, 0.05) is 55.9 Å². The van der Waals surface area contributed by atoms with Crippen molar-refractivity contribution in [3.63, 3.8) is 0 Å². The smallest absolute Gasteiger partial charge is 0.130 e. The van der Waals surface area contributed by atoms with E-state index in [4.69, 9.17) is 9.47 Å². The molecule has 0 radical (unpaired) electrons. The largest absolute Gasteiger partial charge is 0.485 e. The molecule has 76 heavy (non-hydrogen) atoms. The molecule has 2 aliphatic carbocycles. The molecule has 10 aromatic carbocycles. The fraction of sp³-hybridized carbons (Fsp3) is 0.0556. The van der Waals surface area contributed by atoms with Gasteiger partial charge in [0.05, 0.1) is 28.0 Å². The van der Waals surface area contributed by atoms with Gasteiger partial charge in [0.2, 0.25) is 0 Å². The van der Waals surface area contributed by atoms with E-state index in [9.17, 15) is 0 Å². The van der Waals surface area contributed by atoms with E-state index in [1.54, 1.807) is 0 Å². The predicted molar refractivity (Wildman–Crippen MR) is 312 cm³/mol. The van der Waals surface area contributed by atoms with Crippen molar-refractivity contribution in [2.24, 2.45) is 0 Å². The van der Waals surface area contributed by atoms with Crippen molar-refractivity contribution in [2.75, 3.05) is 0 Å². The van der Waals surface area contributed by atoms with Gasteiger partial charge >= 0.3 is 0 Å². The van der Waals surface area contributed by atoms with Crippen molar-refractivity contribution in [1.29, 1.82) is 0 Å². The summed E-state index contributed by atoms with van der Waals surface area (Å²) >= 11 is 0. The number of para-hydroxylation sites is 3. The number of nitrogens with zero attached hydrogens (tertiary/aromatic N) is 2. The molecule has 4 atom stereocenters. The predicted octanol–water partition coefficient (Wildman–Crippen LogP) is 18.2. The van der Waals surface area contributed by atoms with Gasteiger partial charge in [-0.1, -0.05) is 176 Å². The van der Waals surface area contributed by atoms with E-state index in [-0.39, 0.29) is 23.9 Å². The highest BCUT2D eigenvalue weighted by Crippen LogP contribution is 2.53. The van der Waals surface area contributed by atoms with Gasteiger partial charge in [-0.25, -0.2) is 0 Å². The molecule has 4 nitrogen and oxygen atoms in total. The Morgan fingerprint density at radius 1 is 0.355 bits per heavy atom. The van der Waals surface area contributed by atoms with E-state index < -0.39 is 0 Å². The van der Waals surface area contributed by atoms with Crippen LogP contribution in [0.25, 0.3) is 99.5 Å². The van der Waals surface area contributed by atoms with Crippen LogP contribution in [0.4, 0.5) is 0 Å². The van der Waals surface area contributed by atoms with E-state index >= 15 is 0 Å². The van der Waals surface area contributed by atoms with Crippen LogP contribution < -0.4 is 9.47 Å². The Hall–Kier alpha value is -9.64. The minimum Gasteiger partial charge on any atom is -0.485 e. The highest BCUT2D eigenvalue weighted by Gasteiger charge is 2.38. The first kappa shape index (κ1) is 42.8. The van der Waals surface area contributed by atoms with Crippen LogP contribution >= 0.6 is 0 Å². The summed E-state index contributed by atoms with van der Waals surface area (Å²) < 4.78 is 17.9. The van der Waals surface area contributed by atoms with E-state index in [1.807, 2.05) is 0 Å². The molecule has 4 heteroatoms. The SMILES string of the molecule is C1=CC2Oc3cccc(-c4cccc5c4c4ccccc4n5-c4cccc(-c5cc(-c6ccccc6)cc(-c6cccc(-n7c8ccccc8c8c(C9C=CC=C%10Oc%11ccccc%11C%109)cccc87)c6)c5)c4)c3C2C=C1. The summed E-state index contributed by atoms with van der Waals surface area (Å²) in [6.07, 6.45) is 15.4. The molecular formula is C72H48N2O2. The molecule has 2 aliphatic heterocycles. The molecular weight excluding hydrogens is 925 g/mol. The normalized spacial score (nSPS) is 17.9. The summed E-state index contributed by atoms with van der Waals surface area (Å²) in [6.45, 7) is 0. The fourth-order valence-electron chi connectivity index (χ4n) is 13.2. The lowest BCUT2D eigenvalue weighted by atomic mass is 9.77. The first-order chi connectivity index (χ1) is 37.7. The maximum absolute atomic E-state index is 6.52. The molecule has 0 N–H and O–H groups in total. The maximum Gasteiger partial charge on any atom is 0.130 e. The number of hydrogen-bond donors (Lipinski definition) is 0. The Balaban J connectivity index is 0.827. The number of benzene rings is 10. The summed E-state index contributed by atoms with van der Waals surface area (Å²) in [4.78, 5) is 0. The summed E-state index contributed by atoms with van der Waals surface area (Å²) in [5, 5.41) is 5.00. The van der Waals surface area contributed by atoms with Crippen molar-refractivity contribution < 1.29 is 9.47 Å². The van der Waals surface area contributed by atoms with Gasteiger partial charge in [0.25, 0.3) is 0 Å². The average molecular weight is 973 g/mol. The number of fused-ring (bicyclic) bond motifs is 12. The second-order valence-corrected chi connectivity index (χ2v) is 20.6. The van der Waals surface area contributed by atoms with Gasteiger partial charge in [-0.2, -0.15) is 0 Å². The number of ether oxygens (including phenoxy) is 2. The van der Waals surface area contributed by atoms with Crippen molar-refractivity contribution in [1.82, 2.24) is 9.13 Å². The lowest BCUT2D eigenvalue weighted by Crippen LogP contribution is -2.15. The number of hydrogen-bond acceptors (Lipinski definition) is 2. The molecule has 0 saturated carbocycles. The molecule has 12 aromatic rings. The number of aromatic nitrogens is 2. The van der Waals surface area contributed by atoms with Gasteiger partial charge in [-0.05, 0) is 141 Å². The highest BCUT2D eigenvalue weighted by atomic mass is 16.5. The van der Waals surface area contributed by atoms with E-state index in [2.05, 4.69) is 276 Å². The Labute approximate surface area is 440 Å². The second kappa shape index (κ2) is 17.0. The standard InChI is InChI=1S/C72H48N2O2/c1-2-18-45(19-3-1)48-40-49(46-20-12-22-51(43-46)73-61-32-8-4-24-57(61)69-53(28-14-34-63(69)73)55-30-16-38-67-71(55)59-26-6-10-36-65(59)75-67)42-50(41-48)47-21-13-23-52(44-47)74-62-33-9-5-25-58(62)70-54(29-15-35-64(70)74)56-31-17-39-68-72(56)60-27-7-11-37-66(60)76-68/h1-44,55,60,66,71H. The van der Waals surface area contributed by atoms with Crippen LogP contribution in [-0.2, 0) is 0 Å². The van der Waals surface area contributed by atoms with Crippen LogP contribution in [0.15, 0.2) is 273 Å². The summed E-state index contributed by atoms with van der Waals surface area (Å²) in [6, 6.07) is 82.5. The molecule has 4 aliphatic rings. The third-order valence-corrected chi connectivity index (χ3v) is 16.5. The zero-order chi connectivity index (χ0) is 49.8. The van der Waals surface area contributed by atoms with Crippen molar-refractivity contribution in [3.8, 4) is 67.4 Å². The Morgan fingerprint density at radius 3 is 1.66 bits per heavy atom. The molecule has 4 unspecified atom stereocenters. The van der Waals surface area contributed by atoms with Crippen molar-refractivity contribution in [3.05, 3.63) is 289 Å². The number of rotatable bonds is 7. The molecule has 0 bridgehead atoms. The Kier molecular flexibility index (Phi) is 9.55. The van der Waals surface area contributed by atoms with E-state index in [1.165, 1.54) is 82.6 Å². The van der Waals surface area contributed by atoms with Gasteiger partial charge in [0.1, 0.15) is 23.4 Å². The van der Waals surface area contributed by atoms with E-state index in [0.29, 0.717) is 0 Å². The van der Waals surface area contributed by atoms with Gasteiger partial charge < -0.3 is 18.6 Å². The average Bonchev–Trinajstić information content (AvgIpc) is 4.40. The van der Waals surface area contributed by atoms with Crippen LogP contribution in [0, 0.1) is 0 Å². The highest BCUT2D eigenvalue weighted by molar-refractivity contribution is 6.16. The zero-order valence-electron chi connectivity index (χ0n) is 41.4. The molecule has 358 valence electrons. The zero-order valence-corrected chi connectivity index (χ0v) is 41.4. The van der Waals surface area contributed by atoms with Crippen LogP contribution in [0.5, 0.6) is 11.5 Å². The lowest BCUT2D eigenvalue weighted by Gasteiger charge is -2.25. The van der Waals surface area contributed by atoms with Crippen LogP contribution in [0.1, 0.15) is 34.4 Å². The lowest BCUT2D eigenvalue weighted by molar-refractivity contribution is 0.269. The second-order valence-electron chi connectivity index (χ2n) is 20.6. The van der Waals surface area contributed by atoms with Gasteiger partial charge in [-0.15, -0.1) is 0 Å². The Bertz CT molecular complexity index is 4500. The molecule has 0 spiro atoms. The number of allylic oxidation sites excluding steroid dienone is 6. The van der Waals surface area contributed by atoms with Crippen LogP contribution in [-0.4, -0.2) is 15.2 Å². The van der Waals surface area contributed by atoms with Crippen LogP contribution in [0.3, 0.4) is 0 Å².